The molecule has 7 atom stereocenters. The van der Waals surface area contributed by atoms with Crippen LogP contribution in [-0.4, -0.2) is 44.9 Å². The average molecular weight is 547 g/mol. The molecule has 1 N–H and O–H groups in total. The largest absolute Gasteiger partial charge is 0.490 e. The molecule has 0 spiro atoms. The number of hydrogen-bond donors (Lipinski definition) is 1. The lowest BCUT2D eigenvalue weighted by atomic mass is 9.90. The predicted molar refractivity (Wildman–Crippen MR) is 150 cm³/mol. The van der Waals surface area contributed by atoms with Crippen LogP contribution >= 0.6 is 30.5 Å². The van der Waals surface area contributed by atoms with Gasteiger partial charge in [-0.3, -0.25) is 0 Å². The number of aliphatic hydroxyl groups is 1. The molecular weight excluding hydrogens is 506 g/mol. The Hall–Kier alpha value is -0.293. The first-order valence-electron chi connectivity index (χ1n) is 12.2. The highest BCUT2D eigenvalue weighted by atomic mass is 35.5. The van der Waals surface area contributed by atoms with Crippen molar-refractivity contribution >= 4 is 38.9 Å². The molecule has 192 valence electrons. The first kappa shape index (κ1) is 29.9. The van der Waals surface area contributed by atoms with E-state index < -0.39 is 8.32 Å². The predicted octanol–water partition coefficient (Wildman–Crippen LogP) is 6.59. The van der Waals surface area contributed by atoms with Gasteiger partial charge < -0.3 is 23.3 Å². The van der Waals surface area contributed by atoms with Crippen molar-refractivity contribution in [1.29, 1.82) is 0 Å². The summed E-state index contributed by atoms with van der Waals surface area (Å²) in [6, 6.07) is 10.7. The summed E-state index contributed by atoms with van der Waals surface area (Å²) in [5.41, 5.74) is 0. The van der Waals surface area contributed by atoms with E-state index in [-0.39, 0.29) is 36.8 Å². The molecule has 1 aliphatic rings. The first-order chi connectivity index (χ1) is 16.4. The molecule has 1 saturated carbocycles. The Bertz CT molecular complexity index is 769. The van der Waals surface area contributed by atoms with Crippen molar-refractivity contribution in [3.63, 3.8) is 0 Å². The van der Waals surface area contributed by atoms with Crippen LogP contribution in [0.2, 0.25) is 23.2 Å². The normalized spacial score (nSPS) is 24.3. The third-order valence-corrected chi connectivity index (χ3v) is 12.6. The molecule has 0 amide bonds. The minimum atomic E-state index is -1.77. The Morgan fingerprint density at radius 2 is 1.88 bits per heavy atom. The molecule has 1 aromatic rings. The van der Waals surface area contributed by atoms with E-state index in [1.165, 1.54) is 0 Å². The Morgan fingerprint density at radius 1 is 1.15 bits per heavy atom. The molecule has 0 aromatic heterocycles. The fraction of sp³-hybridized carbons (Fsp3) is 0.600. The highest BCUT2D eigenvalue weighted by Gasteiger charge is 2.45. The van der Waals surface area contributed by atoms with Gasteiger partial charge in [0.2, 0.25) is 0 Å². The summed E-state index contributed by atoms with van der Waals surface area (Å²) in [4.78, 5) is 0. The number of rotatable bonds is 15. The van der Waals surface area contributed by atoms with Crippen LogP contribution in [0.5, 0.6) is 5.75 Å². The molecular formula is C25H41ClO5P2Si. The minimum Gasteiger partial charge on any atom is -0.490 e. The standard InChI is InChI=1S/C25H41ClO5P2Si/c1-4-34(5-2,6-3)31-25-17-24(30-33)23(22(25)12-7-8-15-27)14-13-21(29-32)18-28-20-11-9-10-19(26)16-20/h7-11,13-14,16,21-25,27H,4-6,12,15,17-18,32-33H2,1-3H3/b8-7-,14-13+/t21?,22-,23-,24?,25+/m1/s1. The van der Waals surface area contributed by atoms with E-state index in [9.17, 15) is 5.11 Å². The van der Waals surface area contributed by atoms with E-state index >= 15 is 0 Å². The van der Waals surface area contributed by atoms with Crippen molar-refractivity contribution < 1.29 is 23.3 Å². The van der Waals surface area contributed by atoms with Gasteiger partial charge in [-0.15, -0.1) is 0 Å². The van der Waals surface area contributed by atoms with Gasteiger partial charge in [0.25, 0.3) is 0 Å². The van der Waals surface area contributed by atoms with Gasteiger partial charge in [0.15, 0.2) is 8.32 Å². The van der Waals surface area contributed by atoms with Crippen molar-refractivity contribution in [2.75, 3.05) is 13.2 Å². The van der Waals surface area contributed by atoms with Gasteiger partial charge in [-0.1, -0.05) is 62.7 Å². The Balaban J connectivity index is 2.18. The highest BCUT2D eigenvalue weighted by Crippen LogP contribution is 2.43. The maximum Gasteiger partial charge on any atom is 0.192 e. The van der Waals surface area contributed by atoms with Crippen molar-refractivity contribution in [3.05, 3.63) is 53.6 Å². The number of hydrogen-bond acceptors (Lipinski definition) is 5. The number of benzene rings is 1. The first-order valence-corrected chi connectivity index (χ1v) is 16.0. The molecule has 0 bridgehead atoms. The van der Waals surface area contributed by atoms with E-state index in [1.807, 2.05) is 30.4 Å². The van der Waals surface area contributed by atoms with Crippen molar-refractivity contribution in [3.8, 4) is 5.75 Å². The van der Waals surface area contributed by atoms with E-state index in [0.717, 1.165) is 31.0 Å². The fourth-order valence-corrected chi connectivity index (χ4v) is 8.27. The second kappa shape index (κ2) is 15.7. The third kappa shape index (κ3) is 8.67. The van der Waals surface area contributed by atoms with Crippen molar-refractivity contribution in [1.82, 2.24) is 0 Å². The summed E-state index contributed by atoms with van der Waals surface area (Å²) in [5, 5.41) is 9.89. The minimum absolute atomic E-state index is 0.0371. The van der Waals surface area contributed by atoms with Crippen LogP contribution in [0.15, 0.2) is 48.6 Å². The Kier molecular flexibility index (Phi) is 13.9. The fourth-order valence-electron chi connectivity index (χ4n) is 4.72. The monoisotopic (exact) mass is 546 g/mol. The zero-order valence-corrected chi connectivity index (χ0v) is 24.6. The maximum atomic E-state index is 9.25. The van der Waals surface area contributed by atoms with Gasteiger partial charge in [0, 0.05) is 29.9 Å². The summed E-state index contributed by atoms with van der Waals surface area (Å²) >= 11 is 6.06. The summed E-state index contributed by atoms with van der Waals surface area (Å²) < 4.78 is 24.3. The van der Waals surface area contributed by atoms with Crippen molar-refractivity contribution in [2.24, 2.45) is 11.8 Å². The van der Waals surface area contributed by atoms with Gasteiger partial charge in [-0.05, 0) is 55.1 Å². The summed E-state index contributed by atoms with van der Waals surface area (Å²) in [7, 11) is 3.01. The molecule has 1 fully saturated rings. The lowest BCUT2D eigenvalue weighted by molar-refractivity contribution is 0.136. The van der Waals surface area contributed by atoms with Crippen LogP contribution in [0.25, 0.3) is 0 Å². The van der Waals surface area contributed by atoms with E-state index in [2.05, 4.69) is 51.9 Å². The summed E-state index contributed by atoms with van der Waals surface area (Å²) in [5.74, 6) is 1.14. The molecule has 1 aliphatic carbocycles. The number of halogens is 1. The second-order valence-corrected chi connectivity index (χ2v) is 14.5. The zero-order chi connectivity index (χ0) is 25.0. The van der Waals surface area contributed by atoms with Crippen LogP contribution in [0.3, 0.4) is 0 Å². The van der Waals surface area contributed by atoms with Crippen LogP contribution in [0, 0.1) is 11.8 Å². The number of allylic oxidation sites excluding steroid dienone is 1. The Morgan fingerprint density at radius 3 is 2.47 bits per heavy atom. The Labute approximate surface area is 216 Å². The second-order valence-electron chi connectivity index (χ2n) is 8.77. The third-order valence-electron chi connectivity index (χ3n) is 6.99. The van der Waals surface area contributed by atoms with E-state index in [0.29, 0.717) is 17.4 Å². The molecule has 34 heavy (non-hydrogen) atoms. The maximum absolute atomic E-state index is 9.25. The molecule has 9 heteroatoms. The zero-order valence-electron chi connectivity index (χ0n) is 20.6. The van der Waals surface area contributed by atoms with Crippen molar-refractivity contribution in [2.45, 2.75) is 70.1 Å². The molecule has 4 unspecified atom stereocenters. The molecule has 5 nitrogen and oxygen atoms in total. The molecule has 1 aromatic carbocycles. The molecule has 0 aliphatic heterocycles. The lowest BCUT2D eigenvalue weighted by Crippen LogP contribution is -2.41. The summed E-state index contributed by atoms with van der Waals surface area (Å²) in [6.45, 7) is 7.19. The van der Waals surface area contributed by atoms with Gasteiger partial charge >= 0.3 is 0 Å². The highest BCUT2D eigenvalue weighted by molar-refractivity contribution is 7.10. The van der Waals surface area contributed by atoms with E-state index in [4.69, 9.17) is 29.8 Å². The van der Waals surface area contributed by atoms with Crippen LogP contribution in [-0.2, 0) is 13.5 Å². The van der Waals surface area contributed by atoms with E-state index in [1.54, 1.807) is 6.07 Å². The summed E-state index contributed by atoms with van der Waals surface area (Å²) in [6.07, 6.45) is 9.73. The molecule has 0 saturated heterocycles. The van der Waals surface area contributed by atoms with Crippen LogP contribution in [0.1, 0.15) is 33.6 Å². The average Bonchev–Trinajstić information content (AvgIpc) is 3.18. The quantitative estimate of drug-likeness (QED) is 0.153. The number of aliphatic hydroxyl groups excluding tert-OH is 1. The topological polar surface area (TPSA) is 57.2 Å². The van der Waals surface area contributed by atoms with Gasteiger partial charge in [0.05, 0.1) is 18.8 Å². The van der Waals surface area contributed by atoms with Gasteiger partial charge in [0.1, 0.15) is 18.5 Å². The number of ether oxygens (including phenoxy) is 1. The molecule has 0 radical (unpaired) electrons. The SMILES string of the molecule is CC[Si](CC)(CC)O[C@H]1CC(OP)[C@H](/C=C/C(COc2cccc(Cl)c2)OP)[C@H]1C/C=C\CO. The molecule has 2 rings (SSSR count). The van der Waals surface area contributed by atoms with Crippen LogP contribution in [0.4, 0.5) is 0 Å². The smallest absolute Gasteiger partial charge is 0.192 e. The molecule has 0 heterocycles. The van der Waals surface area contributed by atoms with Gasteiger partial charge in [-0.2, -0.15) is 0 Å². The van der Waals surface area contributed by atoms with Gasteiger partial charge in [-0.25, -0.2) is 0 Å². The lowest BCUT2D eigenvalue weighted by Gasteiger charge is -2.34. The van der Waals surface area contributed by atoms with Crippen LogP contribution < -0.4 is 4.74 Å².